The summed E-state index contributed by atoms with van der Waals surface area (Å²) in [4.78, 5) is 25.2. The number of nitrogens with one attached hydrogen (secondary N) is 2. The van der Waals surface area contributed by atoms with Crippen molar-refractivity contribution in [2.45, 2.75) is 37.6 Å². The van der Waals surface area contributed by atoms with E-state index in [1.807, 2.05) is 0 Å². The predicted octanol–water partition coefficient (Wildman–Crippen LogP) is 1.78. The van der Waals surface area contributed by atoms with Crippen molar-refractivity contribution < 1.29 is 18.4 Å². The summed E-state index contributed by atoms with van der Waals surface area (Å²) in [5.74, 6) is -1.95. The Morgan fingerprint density at radius 3 is 2.68 bits per heavy atom. The number of rotatable bonds is 6. The normalized spacial score (nSPS) is 20.2. The third kappa shape index (κ3) is 5.49. The lowest BCUT2D eigenvalue weighted by molar-refractivity contribution is -0.129. The molecule has 7 heteroatoms. The van der Waals surface area contributed by atoms with E-state index in [9.17, 15) is 18.4 Å². The molecule has 1 fully saturated rings. The number of hydrogen-bond donors (Lipinski definition) is 2. The molecule has 5 nitrogen and oxygen atoms in total. The average molecular weight is 353 g/mol. The molecule has 2 atom stereocenters. The lowest BCUT2D eigenvalue weighted by Gasteiger charge is -2.33. The molecule has 1 saturated heterocycles. The van der Waals surface area contributed by atoms with Crippen LogP contribution in [0.3, 0.4) is 0 Å². The Morgan fingerprint density at radius 1 is 1.24 bits per heavy atom. The molecule has 25 heavy (non-hydrogen) atoms. The topological polar surface area (TPSA) is 61.4 Å². The highest BCUT2D eigenvalue weighted by atomic mass is 19.2. The third-order valence-corrected chi connectivity index (χ3v) is 4.49. The number of piperidine rings is 1. The molecular weight excluding hydrogens is 328 g/mol. The standard InChI is InChI=1S/C18H25F2N3O2/c1-23(2)18(25)5-3-4-17(24)22-16-11-21-9-8-13(16)12-6-7-14(19)15(20)10-12/h6-7,10,13,16,21H,3-5,8-9,11H2,1-2H3,(H,22,24). The molecule has 2 unspecified atom stereocenters. The van der Waals surface area contributed by atoms with E-state index < -0.39 is 11.6 Å². The summed E-state index contributed by atoms with van der Waals surface area (Å²) in [6.45, 7) is 1.33. The Morgan fingerprint density at radius 2 is 2.00 bits per heavy atom. The van der Waals surface area contributed by atoms with Crippen molar-refractivity contribution in [3.05, 3.63) is 35.4 Å². The molecule has 0 radical (unpaired) electrons. The molecule has 1 aliphatic rings. The first-order chi connectivity index (χ1) is 11.9. The Balaban J connectivity index is 1.92. The van der Waals surface area contributed by atoms with Gasteiger partial charge in [0.2, 0.25) is 11.8 Å². The number of carbonyl (C=O) groups is 2. The van der Waals surface area contributed by atoms with Crippen molar-refractivity contribution in [3.8, 4) is 0 Å². The molecule has 1 aromatic carbocycles. The van der Waals surface area contributed by atoms with Crippen molar-refractivity contribution >= 4 is 11.8 Å². The molecule has 0 spiro atoms. The fourth-order valence-electron chi connectivity index (χ4n) is 3.05. The Bertz CT molecular complexity index is 622. The van der Waals surface area contributed by atoms with Crippen LogP contribution in [0.15, 0.2) is 18.2 Å². The minimum Gasteiger partial charge on any atom is -0.351 e. The van der Waals surface area contributed by atoms with Crippen molar-refractivity contribution in [3.63, 3.8) is 0 Å². The van der Waals surface area contributed by atoms with Gasteiger partial charge in [0.05, 0.1) is 0 Å². The van der Waals surface area contributed by atoms with Crippen molar-refractivity contribution in [2.75, 3.05) is 27.2 Å². The first-order valence-electron chi connectivity index (χ1n) is 8.53. The molecule has 2 N–H and O–H groups in total. The predicted molar refractivity (Wildman–Crippen MR) is 91.1 cm³/mol. The maximum absolute atomic E-state index is 13.5. The number of carbonyl (C=O) groups excluding carboxylic acids is 2. The van der Waals surface area contributed by atoms with Gasteiger partial charge in [-0.2, -0.15) is 0 Å². The largest absolute Gasteiger partial charge is 0.351 e. The van der Waals surface area contributed by atoms with Crippen LogP contribution < -0.4 is 10.6 Å². The second-order valence-corrected chi connectivity index (χ2v) is 6.59. The second-order valence-electron chi connectivity index (χ2n) is 6.59. The Hall–Kier alpha value is -2.02. The highest BCUT2D eigenvalue weighted by Crippen LogP contribution is 2.27. The molecule has 0 aromatic heterocycles. The van der Waals surface area contributed by atoms with Gasteiger partial charge in [0.25, 0.3) is 0 Å². The number of nitrogens with zero attached hydrogens (tertiary/aromatic N) is 1. The first-order valence-corrected chi connectivity index (χ1v) is 8.53. The minimum atomic E-state index is -0.872. The zero-order valence-electron chi connectivity index (χ0n) is 14.6. The van der Waals surface area contributed by atoms with Gasteiger partial charge in [0, 0.05) is 45.4 Å². The van der Waals surface area contributed by atoms with Gasteiger partial charge in [-0.3, -0.25) is 9.59 Å². The summed E-state index contributed by atoms with van der Waals surface area (Å²) in [6, 6.07) is 3.72. The van der Waals surface area contributed by atoms with E-state index in [2.05, 4.69) is 10.6 Å². The number of benzene rings is 1. The average Bonchev–Trinajstić information content (AvgIpc) is 2.57. The van der Waals surface area contributed by atoms with Crippen LogP contribution in [0, 0.1) is 11.6 Å². The maximum Gasteiger partial charge on any atom is 0.222 e. The third-order valence-electron chi connectivity index (χ3n) is 4.49. The van der Waals surface area contributed by atoms with Gasteiger partial charge < -0.3 is 15.5 Å². The van der Waals surface area contributed by atoms with Crippen molar-refractivity contribution in [1.82, 2.24) is 15.5 Å². The Kier molecular flexibility index (Phi) is 6.87. The molecule has 1 heterocycles. The van der Waals surface area contributed by atoms with Crippen LogP contribution in [-0.2, 0) is 9.59 Å². The van der Waals surface area contributed by atoms with E-state index >= 15 is 0 Å². The summed E-state index contributed by atoms with van der Waals surface area (Å²) < 4.78 is 26.7. The molecule has 0 saturated carbocycles. The molecule has 1 aromatic rings. The van der Waals surface area contributed by atoms with Gasteiger partial charge in [-0.15, -0.1) is 0 Å². The summed E-state index contributed by atoms with van der Waals surface area (Å²) >= 11 is 0. The van der Waals surface area contributed by atoms with E-state index in [-0.39, 0.29) is 30.2 Å². The molecule has 2 rings (SSSR count). The van der Waals surface area contributed by atoms with Gasteiger partial charge in [-0.1, -0.05) is 6.07 Å². The molecule has 138 valence electrons. The first kappa shape index (κ1) is 19.3. The molecule has 1 aliphatic heterocycles. The van der Waals surface area contributed by atoms with E-state index in [1.54, 1.807) is 20.2 Å². The zero-order chi connectivity index (χ0) is 18.4. The van der Waals surface area contributed by atoms with Crippen LogP contribution in [0.4, 0.5) is 8.78 Å². The van der Waals surface area contributed by atoms with Crippen LogP contribution >= 0.6 is 0 Å². The van der Waals surface area contributed by atoms with E-state index in [0.29, 0.717) is 24.9 Å². The molecule has 0 aliphatic carbocycles. The lowest BCUT2D eigenvalue weighted by Crippen LogP contribution is -2.50. The van der Waals surface area contributed by atoms with Gasteiger partial charge in [0.1, 0.15) is 0 Å². The fourth-order valence-corrected chi connectivity index (χ4v) is 3.05. The van der Waals surface area contributed by atoms with Gasteiger partial charge in [-0.05, 0) is 37.1 Å². The van der Waals surface area contributed by atoms with E-state index in [1.165, 1.54) is 11.0 Å². The monoisotopic (exact) mass is 353 g/mol. The zero-order valence-corrected chi connectivity index (χ0v) is 14.6. The number of halogens is 2. The maximum atomic E-state index is 13.5. The minimum absolute atomic E-state index is 0.00760. The van der Waals surface area contributed by atoms with Crippen LogP contribution in [-0.4, -0.2) is 49.9 Å². The summed E-state index contributed by atoms with van der Waals surface area (Å²) in [5, 5.41) is 6.17. The van der Waals surface area contributed by atoms with E-state index in [0.717, 1.165) is 19.0 Å². The second kappa shape index (κ2) is 8.89. The van der Waals surface area contributed by atoms with E-state index in [4.69, 9.17) is 0 Å². The fraction of sp³-hybridized carbons (Fsp3) is 0.556. The molecule has 0 bridgehead atoms. The number of hydrogen-bond acceptors (Lipinski definition) is 3. The highest BCUT2D eigenvalue weighted by Gasteiger charge is 2.28. The van der Waals surface area contributed by atoms with Crippen LogP contribution in [0.1, 0.15) is 37.2 Å². The van der Waals surface area contributed by atoms with Crippen LogP contribution in [0.2, 0.25) is 0 Å². The number of amides is 2. The highest BCUT2D eigenvalue weighted by molar-refractivity contribution is 5.79. The SMILES string of the molecule is CN(C)C(=O)CCCC(=O)NC1CNCCC1c1ccc(F)c(F)c1. The molecular formula is C18H25F2N3O2. The van der Waals surface area contributed by atoms with Gasteiger partial charge in [-0.25, -0.2) is 8.78 Å². The summed E-state index contributed by atoms with van der Waals surface area (Å²) in [7, 11) is 3.37. The smallest absolute Gasteiger partial charge is 0.222 e. The van der Waals surface area contributed by atoms with Gasteiger partial charge in [0.15, 0.2) is 11.6 Å². The van der Waals surface area contributed by atoms with Crippen LogP contribution in [0.25, 0.3) is 0 Å². The van der Waals surface area contributed by atoms with Crippen molar-refractivity contribution in [1.29, 1.82) is 0 Å². The summed E-state index contributed by atoms with van der Waals surface area (Å²) in [6.07, 6.45) is 1.81. The Labute approximate surface area is 146 Å². The molecule has 2 amide bonds. The van der Waals surface area contributed by atoms with Gasteiger partial charge >= 0.3 is 0 Å². The van der Waals surface area contributed by atoms with Crippen LogP contribution in [0.5, 0.6) is 0 Å². The quantitative estimate of drug-likeness (QED) is 0.820. The summed E-state index contributed by atoms with van der Waals surface area (Å²) in [5.41, 5.74) is 0.688. The van der Waals surface area contributed by atoms with Crippen molar-refractivity contribution in [2.24, 2.45) is 0 Å². The lowest BCUT2D eigenvalue weighted by atomic mass is 9.86.